The molecule has 31 heavy (non-hydrogen) atoms. The molecule has 2 aromatic carbocycles. The molecule has 6 nitrogen and oxygen atoms in total. The highest BCUT2D eigenvalue weighted by atomic mass is 35.5. The Labute approximate surface area is 187 Å². The highest BCUT2D eigenvalue weighted by Crippen LogP contribution is 2.24. The fourth-order valence-electron chi connectivity index (χ4n) is 3.80. The maximum absolute atomic E-state index is 12.7. The van der Waals surface area contributed by atoms with Crippen LogP contribution in [-0.2, 0) is 11.3 Å². The van der Waals surface area contributed by atoms with Crippen LogP contribution >= 0.6 is 11.6 Å². The van der Waals surface area contributed by atoms with Crippen molar-refractivity contribution < 1.29 is 9.32 Å². The molecule has 0 bridgehead atoms. The standard InChI is InChI=1S/C24H27ClN4O2/c1-16(2)17-6-8-21(9-7-17)26-24(30)18-10-12-29(13-11-18)15-22-27-23(28-31-22)19-4-3-5-20(25)14-19/h3-9,14,16,18H,10-13,15H2,1-2H3,(H,26,30). The summed E-state index contributed by atoms with van der Waals surface area (Å²) < 4.78 is 5.42. The molecule has 162 valence electrons. The first-order valence-corrected chi connectivity index (χ1v) is 11.1. The van der Waals surface area contributed by atoms with Gasteiger partial charge in [-0.1, -0.05) is 54.9 Å². The Morgan fingerprint density at radius 2 is 1.94 bits per heavy atom. The van der Waals surface area contributed by atoms with Crippen LogP contribution in [0.2, 0.25) is 5.02 Å². The van der Waals surface area contributed by atoms with Gasteiger partial charge in [-0.2, -0.15) is 4.98 Å². The first-order chi connectivity index (χ1) is 15.0. The number of halogens is 1. The maximum atomic E-state index is 12.7. The number of piperidine rings is 1. The molecule has 0 atom stereocenters. The van der Waals surface area contributed by atoms with Crippen molar-refractivity contribution in [1.29, 1.82) is 0 Å². The second kappa shape index (κ2) is 9.62. The molecular weight excluding hydrogens is 412 g/mol. The van der Waals surface area contributed by atoms with Gasteiger partial charge in [-0.25, -0.2) is 0 Å². The molecule has 1 aromatic heterocycles. The molecule has 0 radical (unpaired) electrons. The van der Waals surface area contributed by atoms with Gasteiger partial charge in [0.05, 0.1) is 6.54 Å². The minimum Gasteiger partial charge on any atom is -0.338 e. The second-order valence-electron chi connectivity index (χ2n) is 8.34. The average molecular weight is 439 g/mol. The fraction of sp³-hybridized carbons (Fsp3) is 0.375. The van der Waals surface area contributed by atoms with Crippen LogP contribution in [0.3, 0.4) is 0 Å². The molecule has 3 aromatic rings. The Hall–Kier alpha value is -2.70. The summed E-state index contributed by atoms with van der Waals surface area (Å²) in [5.41, 5.74) is 2.96. The van der Waals surface area contributed by atoms with Crippen molar-refractivity contribution in [3.63, 3.8) is 0 Å². The van der Waals surface area contributed by atoms with E-state index in [9.17, 15) is 4.79 Å². The monoisotopic (exact) mass is 438 g/mol. The van der Waals surface area contributed by atoms with Crippen molar-refractivity contribution in [3.05, 3.63) is 65.0 Å². The Morgan fingerprint density at radius 3 is 2.61 bits per heavy atom. The number of aromatic nitrogens is 2. The first kappa shape index (κ1) is 21.5. The van der Waals surface area contributed by atoms with E-state index in [1.54, 1.807) is 0 Å². The number of carbonyl (C=O) groups is 1. The molecule has 0 saturated carbocycles. The van der Waals surface area contributed by atoms with Crippen LogP contribution < -0.4 is 5.32 Å². The van der Waals surface area contributed by atoms with E-state index in [4.69, 9.17) is 16.1 Å². The molecule has 4 rings (SSSR count). The largest absolute Gasteiger partial charge is 0.338 e. The fourth-order valence-corrected chi connectivity index (χ4v) is 3.99. The van der Waals surface area contributed by atoms with Gasteiger partial charge in [0, 0.05) is 22.2 Å². The Kier molecular flexibility index (Phi) is 6.68. The quantitative estimate of drug-likeness (QED) is 0.560. The molecule has 0 spiro atoms. The van der Waals surface area contributed by atoms with E-state index in [2.05, 4.69) is 46.3 Å². The summed E-state index contributed by atoms with van der Waals surface area (Å²) in [4.78, 5) is 19.4. The average Bonchev–Trinajstić information content (AvgIpc) is 3.23. The Balaban J connectivity index is 1.27. The van der Waals surface area contributed by atoms with E-state index in [1.807, 2.05) is 36.4 Å². The molecule has 1 saturated heterocycles. The molecule has 2 heterocycles. The number of carbonyl (C=O) groups excluding carboxylic acids is 1. The molecule has 1 aliphatic rings. The van der Waals surface area contributed by atoms with Gasteiger partial charge in [0.25, 0.3) is 0 Å². The first-order valence-electron chi connectivity index (χ1n) is 10.7. The van der Waals surface area contributed by atoms with Crippen molar-refractivity contribution in [3.8, 4) is 11.4 Å². The van der Waals surface area contributed by atoms with Crippen LogP contribution in [0.4, 0.5) is 5.69 Å². The topological polar surface area (TPSA) is 71.3 Å². The normalized spacial score (nSPS) is 15.4. The number of rotatable bonds is 6. The summed E-state index contributed by atoms with van der Waals surface area (Å²) in [6.07, 6.45) is 1.62. The van der Waals surface area contributed by atoms with Crippen LogP contribution in [0.25, 0.3) is 11.4 Å². The molecule has 0 aliphatic carbocycles. The van der Waals surface area contributed by atoms with Gasteiger partial charge in [-0.3, -0.25) is 9.69 Å². The van der Waals surface area contributed by atoms with Crippen molar-refractivity contribution >= 4 is 23.2 Å². The number of benzene rings is 2. The lowest BCUT2D eigenvalue weighted by atomic mass is 9.95. The maximum Gasteiger partial charge on any atom is 0.241 e. The summed E-state index contributed by atoms with van der Waals surface area (Å²) in [7, 11) is 0. The smallest absolute Gasteiger partial charge is 0.241 e. The Bertz CT molecular complexity index is 1020. The number of nitrogens with one attached hydrogen (secondary N) is 1. The summed E-state index contributed by atoms with van der Waals surface area (Å²) >= 11 is 6.04. The van der Waals surface area contributed by atoms with Crippen molar-refractivity contribution in [1.82, 2.24) is 15.0 Å². The lowest BCUT2D eigenvalue weighted by molar-refractivity contribution is -0.121. The summed E-state index contributed by atoms with van der Waals surface area (Å²) in [5, 5.41) is 7.76. The van der Waals surface area contributed by atoms with E-state index >= 15 is 0 Å². The molecule has 1 aliphatic heterocycles. The predicted molar refractivity (Wildman–Crippen MR) is 122 cm³/mol. The van der Waals surface area contributed by atoms with Crippen LogP contribution in [0.5, 0.6) is 0 Å². The van der Waals surface area contributed by atoms with Gasteiger partial charge in [0.1, 0.15) is 0 Å². The van der Waals surface area contributed by atoms with Gasteiger partial charge in [0.15, 0.2) is 0 Å². The van der Waals surface area contributed by atoms with Crippen LogP contribution in [0, 0.1) is 5.92 Å². The van der Waals surface area contributed by atoms with E-state index in [0.717, 1.165) is 37.2 Å². The van der Waals surface area contributed by atoms with Crippen molar-refractivity contribution in [2.45, 2.75) is 39.2 Å². The van der Waals surface area contributed by atoms with E-state index in [-0.39, 0.29) is 11.8 Å². The van der Waals surface area contributed by atoms with Gasteiger partial charge in [-0.05, 0) is 61.7 Å². The van der Waals surface area contributed by atoms with Gasteiger partial charge >= 0.3 is 0 Å². The highest BCUT2D eigenvalue weighted by molar-refractivity contribution is 6.30. The number of amides is 1. The molecular formula is C24H27ClN4O2. The molecule has 7 heteroatoms. The molecule has 1 N–H and O–H groups in total. The number of nitrogens with zero attached hydrogens (tertiary/aromatic N) is 3. The Morgan fingerprint density at radius 1 is 1.19 bits per heavy atom. The molecule has 1 amide bonds. The molecule has 1 fully saturated rings. The predicted octanol–water partition coefficient (Wildman–Crippen LogP) is 5.36. The third kappa shape index (κ3) is 5.51. The lowest BCUT2D eigenvalue weighted by Crippen LogP contribution is -2.37. The van der Waals surface area contributed by atoms with Crippen LogP contribution in [0.15, 0.2) is 53.1 Å². The van der Waals surface area contributed by atoms with Gasteiger partial charge < -0.3 is 9.84 Å². The van der Waals surface area contributed by atoms with Crippen LogP contribution in [0.1, 0.15) is 44.1 Å². The van der Waals surface area contributed by atoms with Crippen molar-refractivity contribution in [2.24, 2.45) is 5.92 Å². The van der Waals surface area contributed by atoms with Crippen molar-refractivity contribution in [2.75, 3.05) is 18.4 Å². The lowest BCUT2D eigenvalue weighted by Gasteiger charge is -2.30. The summed E-state index contributed by atoms with van der Waals surface area (Å²) in [6.45, 7) is 6.54. The zero-order valence-electron chi connectivity index (χ0n) is 17.8. The van der Waals surface area contributed by atoms with Gasteiger partial charge in [-0.15, -0.1) is 0 Å². The molecule has 0 unspecified atom stereocenters. The minimum atomic E-state index is 0.0192. The number of hydrogen-bond acceptors (Lipinski definition) is 5. The van der Waals surface area contributed by atoms with E-state index < -0.39 is 0 Å². The van der Waals surface area contributed by atoms with Crippen LogP contribution in [-0.4, -0.2) is 34.0 Å². The summed E-state index contributed by atoms with van der Waals surface area (Å²) in [6, 6.07) is 15.5. The zero-order chi connectivity index (χ0) is 21.8. The van der Waals surface area contributed by atoms with Gasteiger partial charge in [0.2, 0.25) is 17.6 Å². The third-order valence-electron chi connectivity index (χ3n) is 5.71. The minimum absolute atomic E-state index is 0.0192. The number of likely N-dealkylation sites (tertiary alicyclic amines) is 1. The number of anilines is 1. The second-order valence-corrected chi connectivity index (χ2v) is 8.77. The number of hydrogen-bond donors (Lipinski definition) is 1. The third-order valence-corrected chi connectivity index (χ3v) is 5.95. The summed E-state index contributed by atoms with van der Waals surface area (Å²) in [5.74, 6) is 1.71. The SMILES string of the molecule is CC(C)c1ccc(NC(=O)C2CCN(Cc3nc(-c4cccc(Cl)c4)no3)CC2)cc1. The van der Waals surface area contributed by atoms with E-state index in [1.165, 1.54) is 5.56 Å². The van der Waals surface area contributed by atoms with E-state index in [0.29, 0.717) is 29.2 Å². The highest BCUT2D eigenvalue weighted by Gasteiger charge is 2.26. The zero-order valence-corrected chi connectivity index (χ0v) is 18.6.